The summed E-state index contributed by atoms with van der Waals surface area (Å²) in [6, 6.07) is 0. The van der Waals surface area contributed by atoms with Crippen LogP contribution in [0, 0.1) is 5.92 Å². The van der Waals surface area contributed by atoms with E-state index >= 15 is 0 Å². The molecule has 1 fully saturated rings. The molecule has 0 bridgehead atoms. The monoisotopic (exact) mass is 251 g/mol. The smallest absolute Gasteiger partial charge is 0.421 e. The molecule has 0 saturated heterocycles. The van der Waals surface area contributed by atoms with Crippen LogP contribution in [-0.2, 0) is 14.9 Å². The van der Waals surface area contributed by atoms with Crippen LogP contribution in [0.4, 0.5) is 4.79 Å². The van der Waals surface area contributed by atoms with Crippen molar-refractivity contribution in [1.29, 1.82) is 0 Å². The highest BCUT2D eigenvalue weighted by atomic mass is 32.2. The van der Waals surface area contributed by atoms with E-state index in [-0.39, 0.29) is 12.5 Å². The van der Waals surface area contributed by atoms with Gasteiger partial charge in [-0.2, -0.15) is 13.1 Å². The van der Waals surface area contributed by atoms with E-state index in [1.165, 1.54) is 0 Å². The van der Waals surface area contributed by atoms with Crippen LogP contribution in [0.25, 0.3) is 0 Å². The molecule has 1 atom stereocenters. The molecule has 1 unspecified atom stereocenters. The lowest BCUT2D eigenvalue weighted by atomic mass is 9.98. The zero-order valence-corrected chi connectivity index (χ0v) is 10.1. The van der Waals surface area contributed by atoms with E-state index in [1.807, 2.05) is 0 Å². The molecule has 1 rings (SSSR count). The molecule has 4 N–H and O–H groups in total. The second-order valence-electron chi connectivity index (χ2n) is 4.10. The summed E-state index contributed by atoms with van der Waals surface area (Å²) < 4.78 is 31.4. The van der Waals surface area contributed by atoms with Crippen molar-refractivity contribution < 1.29 is 17.9 Å². The van der Waals surface area contributed by atoms with E-state index in [0.29, 0.717) is 0 Å². The topological polar surface area (TPSA) is 111 Å². The van der Waals surface area contributed by atoms with Crippen molar-refractivity contribution in [2.45, 2.75) is 25.3 Å². The normalized spacial score (nSPS) is 19.9. The maximum atomic E-state index is 11.5. The largest absolute Gasteiger partial charge is 0.452 e. The van der Waals surface area contributed by atoms with Crippen LogP contribution < -0.4 is 15.2 Å². The first-order valence-corrected chi connectivity index (χ1v) is 6.41. The number of nitrogens with one attached hydrogen (secondary N) is 2. The van der Waals surface area contributed by atoms with E-state index in [0.717, 1.165) is 20.0 Å². The molecule has 7 nitrogen and oxygen atoms in total. The van der Waals surface area contributed by atoms with E-state index in [4.69, 9.17) is 5.73 Å². The molecule has 0 heterocycles. The molecule has 0 radical (unpaired) electrons. The van der Waals surface area contributed by atoms with Gasteiger partial charge < -0.3 is 10.5 Å². The Bertz CT molecular complexity index is 365. The number of carbonyl (C=O) groups excluding carboxylic acids is 1. The van der Waals surface area contributed by atoms with Crippen LogP contribution in [-0.4, -0.2) is 33.7 Å². The van der Waals surface area contributed by atoms with Gasteiger partial charge in [0.1, 0.15) is 0 Å². The Morgan fingerprint density at radius 1 is 1.56 bits per heavy atom. The zero-order valence-electron chi connectivity index (χ0n) is 9.32. The minimum Gasteiger partial charge on any atom is -0.452 e. The van der Waals surface area contributed by atoms with Crippen molar-refractivity contribution in [3.8, 4) is 0 Å². The molecule has 0 aromatic heterocycles. The Balaban J connectivity index is 2.67. The molecule has 1 aliphatic rings. The standard InChI is InChI=1S/C8H17N3O4S/c1-8(5-9,6-3-4-6)11-16(13,14)10-7(12)15-2/h6,11H,3-5,9H2,1-2H3,(H,10,12). The van der Waals surface area contributed by atoms with Gasteiger partial charge in [-0.05, 0) is 25.7 Å². The number of amides is 1. The maximum Gasteiger partial charge on any atom is 0.421 e. The van der Waals surface area contributed by atoms with Gasteiger partial charge in [0.05, 0.1) is 7.11 Å². The van der Waals surface area contributed by atoms with Crippen LogP contribution >= 0.6 is 0 Å². The van der Waals surface area contributed by atoms with Crippen LogP contribution in [0.15, 0.2) is 0 Å². The predicted molar refractivity (Wildman–Crippen MR) is 57.8 cm³/mol. The number of rotatable bonds is 5. The van der Waals surface area contributed by atoms with E-state index in [9.17, 15) is 13.2 Å². The summed E-state index contributed by atoms with van der Waals surface area (Å²) in [6.45, 7) is 1.90. The summed E-state index contributed by atoms with van der Waals surface area (Å²) in [6.07, 6.45) is 0.853. The highest BCUT2D eigenvalue weighted by Crippen LogP contribution is 2.39. The predicted octanol–water partition coefficient (Wildman–Crippen LogP) is -0.696. The van der Waals surface area contributed by atoms with Gasteiger partial charge in [-0.15, -0.1) is 0 Å². The van der Waals surface area contributed by atoms with E-state index in [1.54, 1.807) is 11.6 Å². The van der Waals surface area contributed by atoms with Crippen LogP contribution in [0.5, 0.6) is 0 Å². The van der Waals surface area contributed by atoms with Crippen LogP contribution in [0.1, 0.15) is 19.8 Å². The fraction of sp³-hybridized carbons (Fsp3) is 0.875. The quantitative estimate of drug-likeness (QED) is 0.598. The average Bonchev–Trinajstić information content (AvgIpc) is 2.99. The molecule has 0 aromatic rings. The zero-order chi connectivity index (χ0) is 12.4. The van der Waals surface area contributed by atoms with E-state index in [2.05, 4.69) is 9.46 Å². The van der Waals surface area contributed by atoms with Crippen molar-refractivity contribution >= 4 is 16.3 Å². The fourth-order valence-electron chi connectivity index (χ4n) is 1.50. The van der Waals surface area contributed by atoms with Gasteiger partial charge in [0.15, 0.2) is 0 Å². The fourth-order valence-corrected chi connectivity index (χ4v) is 2.71. The minimum absolute atomic E-state index is 0.180. The lowest BCUT2D eigenvalue weighted by Crippen LogP contribution is -2.56. The molecule has 16 heavy (non-hydrogen) atoms. The number of hydrogen-bond acceptors (Lipinski definition) is 5. The van der Waals surface area contributed by atoms with Crippen LogP contribution in [0.3, 0.4) is 0 Å². The Kier molecular flexibility index (Phi) is 3.76. The number of carbonyl (C=O) groups is 1. The Hall–Kier alpha value is -0.860. The number of ether oxygens (including phenoxy) is 1. The first kappa shape index (κ1) is 13.2. The van der Waals surface area contributed by atoms with Crippen molar-refractivity contribution in [2.24, 2.45) is 11.7 Å². The first-order valence-electron chi connectivity index (χ1n) is 4.93. The Morgan fingerprint density at radius 3 is 2.50 bits per heavy atom. The molecule has 94 valence electrons. The first-order chi connectivity index (χ1) is 7.33. The van der Waals surface area contributed by atoms with Crippen molar-refractivity contribution in [3.05, 3.63) is 0 Å². The third-order valence-electron chi connectivity index (χ3n) is 2.67. The Labute approximate surface area is 94.9 Å². The molecule has 0 spiro atoms. The average molecular weight is 251 g/mol. The maximum absolute atomic E-state index is 11.5. The molecule has 1 amide bonds. The van der Waals surface area contributed by atoms with Crippen molar-refractivity contribution in [2.75, 3.05) is 13.7 Å². The molecule has 1 aliphatic carbocycles. The molecule has 0 aromatic carbocycles. The van der Waals surface area contributed by atoms with E-state index < -0.39 is 21.8 Å². The van der Waals surface area contributed by atoms with Crippen molar-refractivity contribution in [3.63, 3.8) is 0 Å². The van der Waals surface area contributed by atoms with Crippen molar-refractivity contribution in [1.82, 2.24) is 9.44 Å². The summed E-state index contributed by atoms with van der Waals surface area (Å²) in [7, 11) is -2.83. The summed E-state index contributed by atoms with van der Waals surface area (Å²) in [5, 5.41) is 0. The van der Waals surface area contributed by atoms with Gasteiger partial charge in [-0.25, -0.2) is 9.52 Å². The number of hydrogen-bond donors (Lipinski definition) is 3. The second-order valence-corrected chi connectivity index (χ2v) is 5.51. The minimum atomic E-state index is -3.92. The van der Waals surface area contributed by atoms with Gasteiger partial charge in [0.2, 0.25) is 0 Å². The molecule has 8 heteroatoms. The van der Waals surface area contributed by atoms with Gasteiger partial charge in [-0.1, -0.05) is 0 Å². The SMILES string of the molecule is COC(=O)NS(=O)(=O)NC(C)(CN)C1CC1. The highest BCUT2D eigenvalue weighted by molar-refractivity contribution is 7.88. The summed E-state index contributed by atoms with van der Waals surface area (Å²) in [5.74, 6) is 0.228. The summed E-state index contributed by atoms with van der Waals surface area (Å²) in [5.41, 5.74) is 4.84. The van der Waals surface area contributed by atoms with Gasteiger partial charge in [0, 0.05) is 12.1 Å². The summed E-state index contributed by atoms with van der Waals surface area (Å²) >= 11 is 0. The van der Waals surface area contributed by atoms with Gasteiger partial charge in [-0.3, -0.25) is 0 Å². The molecule has 1 saturated carbocycles. The lowest BCUT2D eigenvalue weighted by molar-refractivity contribution is 0.177. The van der Waals surface area contributed by atoms with Gasteiger partial charge >= 0.3 is 16.3 Å². The number of nitrogens with two attached hydrogens (primary N) is 1. The van der Waals surface area contributed by atoms with Gasteiger partial charge in [0.25, 0.3) is 0 Å². The highest BCUT2D eigenvalue weighted by Gasteiger charge is 2.43. The summed E-state index contributed by atoms with van der Waals surface area (Å²) in [4.78, 5) is 10.8. The third-order valence-corrected chi connectivity index (χ3v) is 3.84. The Morgan fingerprint density at radius 2 is 2.12 bits per heavy atom. The number of methoxy groups -OCH3 is 1. The lowest BCUT2D eigenvalue weighted by Gasteiger charge is -2.28. The second kappa shape index (κ2) is 4.56. The third kappa shape index (κ3) is 3.32. The molecular formula is C8H17N3O4S. The molecule has 0 aliphatic heterocycles. The molecular weight excluding hydrogens is 234 g/mol. The van der Waals surface area contributed by atoms with Crippen LogP contribution in [0.2, 0.25) is 0 Å².